The van der Waals surface area contributed by atoms with Crippen LogP contribution in [0.1, 0.15) is 11.1 Å². The van der Waals surface area contributed by atoms with E-state index in [0.29, 0.717) is 17.3 Å². The van der Waals surface area contributed by atoms with Crippen molar-refractivity contribution in [2.45, 2.75) is 13.5 Å². The van der Waals surface area contributed by atoms with Crippen molar-refractivity contribution in [1.29, 1.82) is 0 Å². The first-order valence-electron chi connectivity index (χ1n) is 5.54. The molecule has 0 amide bonds. The van der Waals surface area contributed by atoms with Gasteiger partial charge in [-0.1, -0.05) is 29.8 Å². The van der Waals surface area contributed by atoms with Gasteiger partial charge < -0.3 is 10.4 Å². The highest BCUT2D eigenvalue weighted by atomic mass is 35.5. The minimum atomic E-state index is -0.278. The standard InChI is InChI=1S/C14H13ClFNO/c1-9-3-2-4-12(16)14(9)17-8-10-5-6-13(18)11(15)7-10/h2-7,17-18H,8H2,1H3. The van der Waals surface area contributed by atoms with Crippen molar-refractivity contribution in [3.63, 3.8) is 0 Å². The Morgan fingerprint density at radius 1 is 1.28 bits per heavy atom. The first kappa shape index (κ1) is 12.7. The average Bonchev–Trinajstić information content (AvgIpc) is 2.33. The summed E-state index contributed by atoms with van der Waals surface area (Å²) >= 11 is 5.81. The van der Waals surface area contributed by atoms with Crippen molar-refractivity contribution in [2.75, 3.05) is 5.32 Å². The number of hydrogen-bond acceptors (Lipinski definition) is 2. The number of aryl methyl sites for hydroxylation is 1. The third-order valence-electron chi connectivity index (χ3n) is 2.70. The zero-order chi connectivity index (χ0) is 13.1. The molecule has 0 saturated heterocycles. The molecular weight excluding hydrogens is 253 g/mol. The molecule has 0 atom stereocenters. The largest absolute Gasteiger partial charge is 0.506 e. The fraction of sp³-hybridized carbons (Fsp3) is 0.143. The number of benzene rings is 2. The van der Waals surface area contributed by atoms with Crippen LogP contribution < -0.4 is 5.32 Å². The summed E-state index contributed by atoms with van der Waals surface area (Å²) in [6.45, 7) is 2.29. The van der Waals surface area contributed by atoms with Gasteiger partial charge in [0.1, 0.15) is 11.6 Å². The van der Waals surface area contributed by atoms with Crippen molar-refractivity contribution in [3.8, 4) is 5.75 Å². The Hall–Kier alpha value is -1.74. The van der Waals surface area contributed by atoms with E-state index >= 15 is 0 Å². The Bertz CT molecular complexity index is 551. The quantitative estimate of drug-likeness (QED) is 0.875. The second kappa shape index (κ2) is 5.27. The molecule has 94 valence electrons. The molecule has 0 aromatic heterocycles. The normalized spacial score (nSPS) is 10.4. The van der Waals surface area contributed by atoms with Gasteiger partial charge in [-0.25, -0.2) is 4.39 Å². The molecule has 4 heteroatoms. The highest BCUT2D eigenvalue weighted by Crippen LogP contribution is 2.25. The van der Waals surface area contributed by atoms with Crippen LogP contribution in [0.2, 0.25) is 5.02 Å². The lowest BCUT2D eigenvalue weighted by Crippen LogP contribution is -2.03. The van der Waals surface area contributed by atoms with Gasteiger partial charge in [0.05, 0.1) is 10.7 Å². The topological polar surface area (TPSA) is 32.3 Å². The number of halogens is 2. The van der Waals surface area contributed by atoms with Gasteiger partial charge in [0.2, 0.25) is 0 Å². The minimum Gasteiger partial charge on any atom is -0.506 e. The van der Waals surface area contributed by atoms with E-state index in [1.54, 1.807) is 18.2 Å². The number of nitrogens with one attached hydrogen (secondary N) is 1. The van der Waals surface area contributed by atoms with Crippen LogP contribution in [0, 0.1) is 12.7 Å². The van der Waals surface area contributed by atoms with Gasteiger partial charge >= 0.3 is 0 Å². The Labute approximate surface area is 110 Å². The first-order valence-corrected chi connectivity index (χ1v) is 5.92. The molecule has 2 aromatic carbocycles. The maximum Gasteiger partial charge on any atom is 0.146 e. The summed E-state index contributed by atoms with van der Waals surface area (Å²) in [5, 5.41) is 12.6. The summed E-state index contributed by atoms with van der Waals surface area (Å²) in [7, 11) is 0. The predicted molar refractivity (Wildman–Crippen MR) is 71.6 cm³/mol. The van der Waals surface area contributed by atoms with E-state index in [9.17, 15) is 9.50 Å². The molecule has 0 radical (unpaired) electrons. The lowest BCUT2D eigenvalue weighted by Gasteiger charge is -2.11. The Kier molecular flexibility index (Phi) is 3.72. The van der Waals surface area contributed by atoms with Crippen molar-refractivity contribution in [2.24, 2.45) is 0 Å². The van der Waals surface area contributed by atoms with E-state index in [-0.39, 0.29) is 11.6 Å². The molecule has 0 saturated carbocycles. The smallest absolute Gasteiger partial charge is 0.146 e. The van der Waals surface area contributed by atoms with Crippen LogP contribution in [0.15, 0.2) is 36.4 Å². The molecule has 2 rings (SSSR count). The summed E-state index contributed by atoms with van der Waals surface area (Å²) in [4.78, 5) is 0. The molecule has 2 aromatic rings. The summed E-state index contributed by atoms with van der Waals surface area (Å²) in [5.41, 5.74) is 2.21. The summed E-state index contributed by atoms with van der Waals surface area (Å²) in [6, 6.07) is 9.85. The third-order valence-corrected chi connectivity index (χ3v) is 3.01. The number of aromatic hydroxyl groups is 1. The predicted octanol–water partition coefficient (Wildman–Crippen LogP) is 4.11. The van der Waals surface area contributed by atoms with Gasteiger partial charge in [-0.05, 0) is 36.2 Å². The van der Waals surface area contributed by atoms with E-state index < -0.39 is 0 Å². The Morgan fingerprint density at radius 2 is 2.06 bits per heavy atom. The fourth-order valence-corrected chi connectivity index (χ4v) is 1.91. The number of phenols is 1. The molecule has 0 unspecified atom stereocenters. The molecular formula is C14H13ClFNO. The molecule has 18 heavy (non-hydrogen) atoms. The summed E-state index contributed by atoms with van der Waals surface area (Å²) in [5.74, 6) is -0.234. The molecule has 0 spiro atoms. The molecule has 0 fully saturated rings. The van der Waals surface area contributed by atoms with Gasteiger partial charge in [0, 0.05) is 6.54 Å². The van der Waals surface area contributed by atoms with Gasteiger partial charge in [-0.2, -0.15) is 0 Å². The van der Waals surface area contributed by atoms with Gasteiger partial charge in [0.15, 0.2) is 0 Å². The number of hydrogen-bond donors (Lipinski definition) is 2. The lowest BCUT2D eigenvalue weighted by atomic mass is 10.1. The third kappa shape index (κ3) is 2.74. The van der Waals surface area contributed by atoms with Crippen molar-refractivity contribution >= 4 is 17.3 Å². The van der Waals surface area contributed by atoms with Gasteiger partial charge in [-0.15, -0.1) is 0 Å². The molecule has 2 nitrogen and oxygen atoms in total. The SMILES string of the molecule is Cc1cccc(F)c1NCc1ccc(O)c(Cl)c1. The molecule has 0 aliphatic heterocycles. The van der Waals surface area contributed by atoms with Gasteiger partial charge in [-0.3, -0.25) is 0 Å². The van der Waals surface area contributed by atoms with E-state index in [1.807, 2.05) is 13.0 Å². The van der Waals surface area contributed by atoms with Crippen molar-refractivity contribution in [1.82, 2.24) is 0 Å². The first-order chi connectivity index (χ1) is 8.58. The van der Waals surface area contributed by atoms with E-state index in [2.05, 4.69) is 5.32 Å². The monoisotopic (exact) mass is 265 g/mol. The van der Waals surface area contributed by atoms with Crippen LogP contribution in [0.25, 0.3) is 0 Å². The zero-order valence-corrected chi connectivity index (χ0v) is 10.6. The second-order valence-electron chi connectivity index (χ2n) is 4.07. The molecule has 0 aliphatic rings. The molecule has 2 N–H and O–H groups in total. The number of rotatable bonds is 3. The summed E-state index contributed by atoms with van der Waals surface area (Å²) < 4.78 is 13.6. The van der Waals surface area contributed by atoms with Crippen LogP contribution in [-0.4, -0.2) is 5.11 Å². The van der Waals surface area contributed by atoms with Crippen LogP contribution in [0.5, 0.6) is 5.75 Å². The molecule has 0 bridgehead atoms. The van der Waals surface area contributed by atoms with Gasteiger partial charge in [0.25, 0.3) is 0 Å². The molecule has 0 aliphatic carbocycles. The van der Waals surface area contributed by atoms with Crippen LogP contribution >= 0.6 is 11.6 Å². The van der Waals surface area contributed by atoms with Crippen molar-refractivity contribution in [3.05, 3.63) is 58.4 Å². The van der Waals surface area contributed by atoms with Crippen LogP contribution in [0.4, 0.5) is 10.1 Å². The zero-order valence-electron chi connectivity index (χ0n) is 9.87. The molecule has 0 heterocycles. The van der Waals surface area contributed by atoms with E-state index in [1.165, 1.54) is 12.1 Å². The minimum absolute atomic E-state index is 0.0440. The highest BCUT2D eigenvalue weighted by Gasteiger charge is 2.05. The Morgan fingerprint density at radius 3 is 2.72 bits per heavy atom. The van der Waals surface area contributed by atoms with Crippen LogP contribution in [-0.2, 0) is 6.54 Å². The van der Waals surface area contributed by atoms with Crippen molar-refractivity contribution < 1.29 is 9.50 Å². The second-order valence-corrected chi connectivity index (χ2v) is 4.48. The number of anilines is 1. The average molecular weight is 266 g/mol. The van der Waals surface area contributed by atoms with E-state index in [4.69, 9.17) is 11.6 Å². The number of phenolic OH excluding ortho intramolecular Hbond substituents is 1. The van der Waals surface area contributed by atoms with Crippen LogP contribution in [0.3, 0.4) is 0 Å². The summed E-state index contributed by atoms with van der Waals surface area (Å²) in [6.07, 6.45) is 0. The lowest BCUT2D eigenvalue weighted by molar-refractivity contribution is 0.475. The highest BCUT2D eigenvalue weighted by molar-refractivity contribution is 6.32. The fourth-order valence-electron chi connectivity index (χ4n) is 1.71. The Balaban J connectivity index is 2.14. The van der Waals surface area contributed by atoms with E-state index in [0.717, 1.165) is 11.1 Å². The number of para-hydroxylation sites is 1. The maximum absolute atomic E-state index is 13.6. The maximum atomic E-state index is 13.6.